The second-order valence-corrected chi connectivity index (χ2v) is 8.25. The van der Waals surface area contributed by atoms with Crippen LogP contribution in [-0.4, -0.2) is 44.4 Å². The molecule has 1 aliphatic heterocycles. The highest BCUT2D eigenvalue weighted by atomic mass is 35.5. The van der Waals surface area contributed by atoms with Crippen LogP contribution in [0.5, 0.6) is 0 Å². The summed E-state index contributed by atoms with van der Waals surface area (Å²) >= 11 is 7.05. The van der Waals surface area contributed by atoms with Crippen LogP contribution in [-0.2, 0) is 11.3 Å². The molecule has 1 aliphatic rings. The van der Waals surface area contributed by atoms with Gasteiger partial charge in [0, 0.05) is 24.8 Å². The van der Waals surface area contributed by atoms with Crippen molar-refractivity contribution >= 4 is 46.6 Å². The molecule has 0 bridgehead atoms. The first-order valence-electron chi connectivity index (χ1n) is 9.58. The number of nitrogens with zero attached hydrogens (tertiary/aromatic N) is 5. The summed E-state index contributed by atoms with van der Waals surface area (Å²) in [4.78, 5) is 25.0. The second-order valence-electron chi connectivity index (χ2n) is 6.90. The molecule has 3 heterocycles. The van der Waals surface area contributed by atoms with E-state index in [4.69, 9.17) is 16.0 Å². The van der Waals surface area contributed by atoms with Crippen LogP contribution >= 0.6 is 23.4 Å². The molecule has 1 amide bonds. The number of hydrogen-bond donors (Lipinski definition) is 1. The molecule has 1 fully saturated rings. The number of nitro groups is 1. The van der Waals surface area contributed by atoms with Gasteiger partial charge in [0.15, 0.2) is 5.16 Å². The van der Waals surface area contributed by atoms with Gasteiger partial charge in [0.2, 0.25) is 11.9 Å². The summed E-state index contributed by atoms with van der Waals surface area (Å²) in [5.74, 6) is 1.26. The molecule has 2 aromatic heterocycles. The maximum atomic E-state index is 12.4. The summed E-state index contributed by atoms with van der Waals surface area (Å²) in [6.45, 7) is 2.28. The minimum absolute atomic E-state index is 0.0119. The largest absolute Gasteiger partial charge is 0.467 e. The lowest BCUT2D eigenvalue weighted by Gasteiger charge is -2.17. The molecule has 0 spiro atoms. The quantitative estimate of drug-likeness (QED) is 0.305. The van der Waals surface area contributed by atoms with Crippen molar-refractivity contribution in [2.45, 2.75) is 24.5 Å². The van der Waals surface area contributed by atoms with Crippen LogP contribution in [0, 0.1) is 10.1 Å². The number of furan rings is 1. The number of hydrogen-bond acceptors (Lipinski definition) is 8. The summed E-state index contributed by atoms with van der Waals surface area (Å²) in [7, 11) is 0. The Kier molecular flexibility index (Phi) is 6.42. The van der Waals surface area contributed by atoms with E-state index in [0.29, 0.717) is 17.4 Å². The Morgan fingerprint density at radius 2 is 2.10 bits per heavy atom. The van der Waals surface area contributed by atoms with E-state index in [1.165, 1.54) is 30.0 Å². The van der Waals surface area contributed by atoms with Gasteiger partial charge in [0.05, 0.1) is 23.5 Å². The Morgan fingerprint density at radius 1 is 1.29 bits per heavy atom. The fraction of sp³-hybridized carbons (Fsp3) is 0.316. The Hall–Kier alpha value is -3.05. The number of nitrogens with one attached hydrogen (secondary N) is 1. The highest BCUT2D eigenvalue weighted by Crippen LogP contribution is 2.28. The van der Waals surface area contributed by atoms with E-state index >= 15 is 0 Å². The first-order chi connectivity index (χ1) is 15.0. The molecule has 1 saturated heterocycles. The lowest BCUT2D eigenvalue weighted by Crippen LogP contribution is -2.22. The third-order valence-corrected chi connectivity index (χ3v) is 6.03. The number of benzene rings is 1. The maximum Gasteiger partial charge on any atom is 0.289 e. The Balaban J connectivity index is 1.46. The van der Waals surface area contributed by atoms with Gasteiger partial charge in [-0.2, -0.15) is 0 Å². The van der Waals surface area contributed by atoms with Gasteiger partial charge in [0.1, 0.15) is 10.8 Å². The molecule has 3 aromatic rings. The van der Waals surface area contributed by atoms with Crippen molar-refractivity contribution in [3.63, 3.8) is 0 Å². The van der Waals surface area contributed by atoms with Crippen LogP contribution in [0.25, 0.3) is 0 Å². The third kappa shape index (κ3) is 5.00. The van der Waals surface area contributed by atoms with Crippen molar-refractivity contribution < 1.29 is 14.1 Å². The van der Waals surface area contributed by atoms with E-state index < -0.39 is 4.92 Å². The molecule has 0 radical (unpaired) electrons. The van der Waals surface area contributed by atoms with Crippen LogP contribution in [0.15, 0.2) is 46.2 Å². The van der Waals surface area contributed by atoms with Crippen LogP contribution in [0.1, 0.15) is 18.6 Å². The molecule has 0 saturated carbocycles. The molecule has 0 unspecified atom stereocenters. The molecule has 0 atom stereocenters. The molecule has 1 N–H and O–H groups in total. The molecular formula is C19H19ClN6O4S. The Morgan fingerprint density at radius 3 is 2.81 bits per heavy atom. The highest BCUT2D eigenvalue weighted by Gasteiger charge is 2.23. The topological polar surface area (TPSA) is 119 Å². The molecule has 1 aromatic carbocycles. The number of nitro benzene ring substituents is 1. The predicted molar refractivity (Wildman–Crippen MR) is 117 cm³/mol. The molecular weight excluding hydrogens is 444 g/mol. The first-order valence-corrected chi connectivity index (χ1v) is 10.9. The van der Waals surface area contributed by atoms with Gasteiger partial charge in [0.25, 0.3) is 5.69 Å². The summed E-state index contributed by atoms with van der Waals surface area (Å²) in [5, 5.41) is 22.9. The fourth-order valence-electron chi connectivity index (χ4n) is 3.29. The fourth-order valence-corrected chi connectivity index (χ4v) is 4.21. The number of carbonyl (C=O) groups is 1. The van der Waals surface area contributed by atoms with Gasteiger partial charge >= 0.3 is 0 Å². The van der Waals surface area contributed by atoms with Crippen molar-refractivity contribution in [2.24, 2.45) is 0 Å². The van der Waals surface area contributed by atoms with Gasteiger partial charge in [-0.3, -0.25) is 19.5 Å². The zero-order valence-corrected chi connectivity index (χ0v) is 17.9. The minimum Gasteiger partial charge on any atom is -0.467 e. The minimum atomic E-state index is -0.594. The number of thioether (sulfide) groups is 1. The van der Waals surface area contributed by atoms with E-state index in [9.17, 15) is 14.9 Å². The summed E-state index contributed by atoms with van der Waals surface area (Å²) < 4.78 is 7.41. The van der Waals surface area contributed by atoms with Crippen LogP contribution in [0.3, 0.4) is 0 Å². The monoisotopic (exact) mass is 462 g/mol. The number of amides is 1. The zero-order chi connectivity index (χ0) is 21.8. The van der Waals surface area contributed by atoms with Gasteiger partial charge in [-0.05, 0) is 37.1 Å². The number of halogens is 1. The normalized spacial score (nSPS) is 13.5. The van der Waals surface area contributed by atoms with Crippen molar-refractivity contribution in [1.82, 2.24) is 14.8 Å². The standard InChI is InChI=1S/C19H19ClN6O4S/c20-15-6-5-13(10-16(15)26(28)29)21-17(27)12-31-19-23-22-18(24-7-1-2-8-24)25(19)11-14-4-3-9-30-14/h3-6,9-10H,1-2,7-8,11-12H2,(H,21,27). The smallest absolute Gasteiger partial charge is 0.289 e. The van der Waals surface area contributed by atoms with E-state index in [0.717, 1.165) is 37.6 Å². The predicted octanol–water partition coefficient (Wildman–Crippen LogP) is 3.81. The van der Waals surface area contributed by atoms with Crippen LogP contribution in [0.2, 0.25) is 5.02 Å². The Bertz CT molecular complexity index is 1080. The molecule has 10 nitrogen and oxygen atoms in total. The summed E-state index contributed by atoms with van der Waals surface area (Å²) in [6, 6.07) is 7.83. The van der Waals surface area contributed by atoms with E-state index in [1.807, 2.05) is 16.7 Å². The first kappa shape index (κ1) is 21.2. The molecule has 162 valence electrons. The number of anilines is 2. The molecule has 31 heavy (non-hydrogen) atoms. The van der Waals surface area contributed by atoms with E-state index in [-0.39, 0.29) is 22.4 Å². The lowest BCUT2D eigenvalue weighted by atomic mass is 10.3. The number of rotatable bonds is 8. The van der Waals surface area contributed by atoms with Gasteiger partial charge in [-0.15, -0.1) is 10.2 Å². The molecule has 0 aliphatic carbocycles. The Labute approximate surface area is 186 Å². The maximum absolute atomic E-state index is 12.4. The van der Waals surface area contributed by atoms with Crippen molar-refractivity contribution in [2.75, 3.05) is 29.1 Å². The summed E-state index contributed by atoms with van der Waals surface area (Å²) in [6.07, 6.45) is 3.82. The summed E-state index contributed by atoms with van der Waals surface area (Å²) in [5.41, 5.74) is 0.0390. The van der Waals surface area contributed by atoms with Gasteiger partial charge in [-0.25, -0.2) is 0 Å². The van der Waals surface area contributed by atoms with E-state index in [2.05, 4.69) is 20.4 Å². The SMILES string of the molecule is O=C(CSc1nnc(N2CCCC2)n1Cc1ccco1)Nc1ccc(Cl)c([N+](=O)[O-])c1. The van der Waals surface area contributed by atoms with E-state index in [1.54, 1.807) is 6.26 Å². The van der Waals surface area contributed by atoms with Crippen molar-refractivity contribution in [3.05, 3.63) is 57.5 Å². The van der Waals surface area contributed by atoms with Crippen LogP contribution in [0.4, 0.5) is 17.3 Å². The second kappa shape index (κ2) is 9.40. The van der Waals surface area contributed by atoms with Gasteiger partial charge in [-0.1, -0.05) is 23.4 Å². The van der Waals surface area contributed by atoms with Crippen molar-refractivity contribution in [3.8, 4) is 0 Å². The zero-order valence-electron chi connectivity index (χ0n) is 16.4. The third-order valence-electron chi connectivity index (χ3n) is 4.74. The van der Waals surface area contributed by atoms with Crippen LogP contribution < -0.4 is 10.2 Å². The molecule has 4 rings (SSSR count). The molecule has 12 heteroatoms. The highest BCUT2D eigenvalue weighted by molar-refractivity contribution is 7.99. The van der Waals surface area contributed by atoms with Crippen molar-refractivity contribution in [1.29, 1.82) is 0 Å². The number of carbonyl (C=O) groups excluding carboxylic acids is 1. The number of aromatic nitrogens is 3. The average molecular weight is 463 g/mol. The average Bonchev–Trinajstić information content (AvgIpc) is 3.50. The van der Waals surface area contributed by atoms with Gasteiger partial charge < -0.3 is 14.6 Å². The lowest BCUT2D eigenvalue weighted by molar-refractivity contribution is -0.384.